The summed E-state index contributed by atoms with van der Waals surface area (Å²) in [5, 5.41) is 3.39. The van der Waals surface area contributed by atoms with Gasteiger partial charge in [-0.05, 0) is 30.5 Å². The monoisotopic (exact) mass is 332 g/mol. The topological polar surface area (TPSA) is 50.8 Å². The van der Waals surface area contributed by atoms with E-state index in [-0.39, 0.29) is 18.0 Å². The zero-order chi connectivity index (χ0) is 16.8. The van der Waals surface area contributed by atoms with Crippen LogP contribution in [0.1, 0.15) is 43.7 Å². The average molecular weight is 332 g/mol. The summed E-state index contributed by atoms with van der Waals surface area (Å²) in [5.41, 5.74) is 1.21. The Morgan fingerprint density at radius 1 is 1.29 bits per heavy atom. The summed E-state index contributed by atoms with van der Waals surface area (Å²) in [6, 6.07) is 8.48. The van der Waals surface area contributed by atoms with Crippen molar-refractivity contribution in [2.24, 2.45) is 0 Å². The molecule has 132 valence electrons. The highest BCUT2D eigenvalue weighted by molar-refractivity contribution is 5.77. The number of nitrogens with zero attached hydrogens (tertiary/aromatic N) is 1. The van der Waals surface area contributed by atoms with Gasteiger partial charge < -0.3 is 19.7 Å². The number of hydrogen-bond donors (Lipinski definition) is 1. The summed E-state index contributed by atoms with van der Waals surface area (Å²) in [5.74, 6) is 1.09. The molecule has 2 atom stereocenters. The van der Waals surface area contributed by atoms with Crippen LogP contribution in [0.15, 0.2) is 24.3 Å². The number of ether oxygens (including phenoxy) is 2. The molecule has 1 aromatic rings. The normalized spacial score (nSPS) is 25.1. The molecule has 2 aliphatic rings. The molecular formula is C19H28N2O3. The van der Waals surface area contributed by atoms with Gasteiger partial charge in [-0.3, -0.25) is 4.79 Å². The highest BCUT2D eigenvalue weighted by atomic mass is 16.5. The first-order chi connectivity index (χ1) is 11.8. The number of likely N-dealkylation sites (tertiary alicyclic amines) is 1. The lowest BCUT2D eigenvalue weighted by Gasteiger charge is -2.33. The Labute approximate surface area is 144 Å². The van der Waals surface area contributed by atoms with Crippen molar-refractivity contribution in [3.05, 3.63) is 29.8 Å². The van der Waals surface area contributed by atoms with Crippen molar-refractivity contribution in [2.45, 2.75) is 44.2 Å². The van der Waals surface area contributed by atoms with E-state index < -0.39 is 0 Å². The minimum atomic E-state index is 0.144. The predicted molar refractivity (Wildman–Crippen MR) is 93.1 cm³/mol. The lowest BCUT2D eigenvalue weighted by molar-refractivity contribution is -0.135. The third-order valence-electron chi connectivity index (χ3n) is 4.99. The lowest BCUT2D eigenvalue weighted by atomic mass is 10.00. The van der Waals surface area contributed by atoms with E-state index in [1.807, 2.05) is 12.1 Å². The van der Waals surface area contributed by atoms with Crippen molar-refractivity contribution in [1.29, 1.82) is 0 Å². The number of methoxy groups -OCH3 is 1. The minimum Gasteiger partial charge on any atom is -0.497 e. The number of benzene rings is 1. The zero-order valence-electron chi connectivity index (χ0n) is 14.5. The van der Waals surface area contributed by atoms with E-state index in [2.05, 4.69) is 22.3 Å². The van der Waals surface area contributed by atoms with Crippen LogP contribution in [0.2, 0.25) is 0 Å². The van der Waals surface area contributed by atoms with E-state index >= 15 is 0 Å². The molecule has 2 unspecified atom stereocenters. The van der Waals surface area contributed by atoms with Gasteiger partial charge in [0.1, 0.15) is 5.75 Å². The summed E-state index contributed by atoms with van der Waals surface area (Å²) in [6.45, 7) is 3.05. The number of carbonyl (C=O) groups is 1. The van der Waals surface area contributed by atoms with Gasteiger partial charge >= 0.3 is 0 Å². The van der Waals surface area contributed by atoms with E-state index in [1.54, 1.807) is 7.11 Å². The molecule has 0 saturated carbocycles. The van der Waals surface area contributed by atoms with Crippen molar-refractivity contribution < 1.29 is 14.3 Å². The van der Waals surface area contributed by atoms with Crippen LogP contribution in [0.5, 0.6) is 5.75 Å². The number of carbonyl (C=O) groups excluding carboxylic acids is 1. The van der Waals surface area contributed by atoms with E-state index in [0.29, 0.717) is 13.0 Å². The van der Waals surface area contributed by atoms with E-state index in [4.69, 9.17) is 9.47 Å². The molecule has 2 aliphatic heterocycles. The maximum atomic E-state index is 12.9. The largest absolute Gasteiger partial charge is 0.497 e. The van der Waals surface area contributed by atoms with Gasteiger partial charge in [0, 0.05) is 25.6 Å². The van der Waals surface area contributed by atoms with Crippen LogP contribution in [0.4, 0.5) is 0 Å². The quantitative estimate of drug-likeness (QED) is 0.920. The fourth-order valence-corrected chi connectivity index (χ4v) is 3.66. The molecule has 5 nitrogen and oxygen atoms in total. The van der Waals surface area contributed by atoms with Gasteiger partial charge in [0.2, 0.25) is 5.91 Å². The summed E-state index contributed by atoms with van der Waals surface area (Å²) in [4.78, 5) is 15.0. The number of nitrogens with one attached hydrogen (secondary N) is 1. The van der Waals surface area contributed by atoms with Crippen LogP contribution >= 0.6 is 0 Å². The molecule has 0 spiro atoms. The Morgan fingerprint density at radius 2 is 2.12 bits per heavy atom. The molecule has 5 heteroatoms. The van der Waals surface area contributed by atoms with Gasteiger partial charge in [0.25, 0.3) is 0 Å². The molecule has 1 N–H and O–H groups in total. The third kappa shape index (κ3) is 4.28. The highest BCUT2D eigenvalue weighted by Crippen LogP contribution is 2.31. The van der Waals surface area contributed by atoms with Crippen molar-refractivity contribution in [2.75, 3.05) is 33.4 Å². The lowest BCUT2D eigenvalue weighted by Crippen LogP contribution is -2.45. The molecule has 3 rings (SSSR count). The fraction of sp³-hybridized carbons (Fsp3) is 0.632. The van der Waals surface area contributed by atoms with Crippen LogP contribution in [0.25, 0.3) is 0 Å². The first-order valence-corrected chi connectivity index (χ1v) is 9.02. The molecule has 0 aliphatic carbocycles. The maximum absolute atomic E-state index is 12.9. The first kappa shape index (κ1) is 17.2. The summed E-state index contributed by atoms with van der Waals surface area (Å²) in [7, 11) is 1.68. The van der Waals surface area contributed by atoms with Crippen LogP contribution < -0.4 is 10.1 Å². The molecule has 2 saturated heterocycles. The Bertz CT molecular complexity index is 526. The molecule has 0 bridgehead atoms. The van der Waals surface area contributed by atoms with Crippen molar-refractivity contribution in [3.63, 3.8) is 0 Å². The molecule has 1 amide bonds. The molecule has 2 fully saturated rings. The van der Waals surface area contributed by atoms with Crippen LogP contribution in [-0.2, 0) is 9.53 Å². The van der Waals surface area contributed by atoms with Crippen LogP contribution in [0.3, 0.4) is 0 Å². The third-order valence-corrected chi connectivity index (χ3v) is 4.99. The first-order valence-electron chi connectivity index (χ1n) is 9.02. The van der Waals surface area contributed by atoms with E-state index in [1.165, 1.54) is 18.4 Å². The van der Waals surface area contributed by atoms with Crippen molar-refractivity contribution in [3.8, 4) is 5.75 Å². The summed E-state index contributed by atoms with van der Waals surface area (Å²) in [6.07, 6.45) is 5.01. The fourth-order valence-electron chi connectivity index (χ4n) is 3.66. The predicted octanol–water partition coefficient (Wildman–Crippen LogP) is 2.52. The van der Waals surface area contributed by atoms with E-state index in [9.17, 15) is 4.79 Å². The summed E-state index contributed by atoms with van der Waals surface area (Å²) >= 11 is 0. The van der Waals surface area contributed by atoms with Gasteiger partial charge in [-0.1, -0.05) is 25.0 Å². The van der Waals surface area contributed by atoms with Crippen molar-refractivity contribution >= 4 is 5.91 Å². The average Bonchev–Trinajstić information content (AvgIpc) is 2.89. The SMILES string of the molecule is COc1ccc(C2CCCCCN2C(=O)CC2COCCN2)cc1. The second kappa shape index (κ2) is 8.49. The summed E-state index contributed by atoms with van der Waals surface area (Å²) < 4.78 is 10.7. The van der Waals surface area contributed by atoms with Gasteiger partial charge in [-0.25, -0.2) is 0 Å². The number of hydrogen-bond acceptors (Lipinski definition) is 4. The van der Waals surface area contributed by atoms with Crippen molar-refractivity contribution in [1.82, 2.24) is 10.2 Å². The highest BCUT2D eigenvalue weighted by Gasteiger charge is 2.28. The second-order valence-electron chi connectivity index (χ2n) is 6.66. The zero-order valence-corrected chi connectivity index (χ0v) is 14.5. The molecular weight excluding hydrogens is 304 g/mol. The Balaban J connectivity index is 1.72. The smallest absolute Gasteiger partial charge is 0.224 e. The molecule has 24 heavy (non-hydrogen) atoms. The molecule has 0 radical (unpaired) electrons. The van der Waals surface area contributed by atoms with Gasteiger partial charge in [0.05, 0.1) is 26.4 Å². The van der Waals surface area contributed by atoms with Crippen LogP contribution in [0, 0.1) is 0 Å². The van der Waals surface area contributed by atoms with Gasteiger partial charge in [-0.2, -0.15) is 0 Å². The minimum absolute atomic E-state index is 0.144. The molecule has 0 aromatic heterocycles. The Kier molecular flexibility index (Phi) is 6.10. The standard InChI is InChI=1S/C19H28N2O3/c1-23-17-8-6-15(7-9-17)18-5-3-2-4-11-21(18)19(22)13-16-14-24-12-10-20-16/h6-9,16,18,20H,2-5,10-14H2,1H3. The molecule has 1 aromatic carbocycles. The Hall–Kier alpha value is -1.59. The molecule has 2 heterocycles. The van der Waals surface area contributed by atoms with Gasteiger partial charge in [0.15, 0.2) is 0 Å². The number of rotatable bonds is 4. The van der Waals surface area contributed by atoms with Gasteiger partial charge in [-0.15, -0.1) is 0 Å². The maximum Gasteiger partial charge on any atom is 0.224 e. The van der Waals surface area contributed by atoms with Crippen LogP contribution in [-0.4, -0.2) is 50.3 Å². The number of amides is 1. The Morgan fingerprint density at radius 3 is 2.83 bits per heavy atom. The van der Waals surface area contributed by atoms with E-state index in [0.717, 1.165) is 38.3 Å². The number of morpholine rings is 1. The second-order valence-corrected chi connectivity index (χ2v) is 6.66.